The standard InChI is InChI=1S/C16H34N4O/c1-4-15(5-7-17)20-11-9-19(10-12-20)13-16(21)18-8-6-14(2)3/h14-15H,4-13,17H2,1-3H3,(H,18,21). The zero-order chi connectivity index (χ0) is 15.7. The van der Waals surface area contributed by atoms with Crippen LogP contribution in [0.5, 0.6) is 0 Å². The minimum atomic E-state index is 0.165. The van der Waals surface area contributed by atoms with Crippen molar-refractivity contribution in [2.24, 2.45) is 11.7 Å². The number of carbonyl (C=O) groups is 1. The molecule has 1 heterocycles. The summed E-state index contributed by atoms with van der Waals surface area (Å²) in [5.41, 5.74) is 5.68. The first kappa shape index (κ1) is 18.4. The van der Waals surface area contributed by atoms with Gasteiger partial charge in [0.05, 0.1) is 6.54 Å². The fourth-order valence-electron chi connectivity index (χ4n) is 2.88. The summed E-state index contributed by atoms with van der Waals surface area (Å²) in [6, 6.07) is 0.608. The maximum Gasteiger partial charge on any atom is 0.234 e. The van der Waals surface area contributed by atoms with Crippen LogP contribution in [0.1, 0.15) is 40.0 Å². The van der Waals surface area contributed by atoms with Crippen LogP contribution in [0.4, 0.5) is 0 Å². The summed E-state index contributed by atoms with van der Waals surface area (Å²) in [5, 5.41) is 3.02. The minimum absolute atomic E-state index is 0.165. The Labute approximate surface area is 130 Å². The van der Waals surface area contributed by atoms with Crippen LogP contribution in [0.15, 0.2) is 0 Å². The highest BCUT2D eigenvalue weighted by molar-refractivity contribution is 5.77. The molecule has 21 heavy (non-hydrogen) atoms. The number of nitrogens with zero attached hydrogens (tertiary/aromatic N) is 2. The van der Waals surface area contributed by atoms with Gasteiger partial charge < -0.3 is 11.1 Å². The zero-order valence-corrected chi connectivity index (χ0v) is 14.1. The van der Waals surface area contributed by atoms with Gasteiger partial charge in [0.2, 0.25) is 5.91 Å². The van der Waals surface area contributed by atoms with Gasteiger partial charge >= 0.3 is 0 Å². The third kappa shape index (κ3) is 7.25. The smallest absolute Gasteiger partial charge is 0.234 e. The van der Waals surface area contributed by atoms with Crippen LogP contribution in [0, 0.1) is 5.92 Å². The molecule has 124 valence electrons. The Kier molecular flexibility index (Phi) is 8.88. The van der Waals surface area contributed by atoms with Gasteiger partial charge in [0, 0.05) is 38.8 Å². The maximum atomic E-state index is 11.9. The molecule has 5 heteroatoms. The maximum absolute atomic E-state index is 11.9. The number of amides is 1. The highest BCUT2D eigenvalue weighted by Crippen LogP contribution is 2.11. The summed E-state index contributed by atoms with van der Waals surface area (Å²) in [5.74, 6) is 0.806. The Bertz CT molecular complexity index is 288. The summed E-state index contributed by atoms with van der Waals surface area (Å²) in [6.07, 6.45) is 3.29. The van der Waals surface area contributed by atoms with Crippen LogP contribution in [-0.2, 0) is 4.79 Å². The summed E-state index contributed by atoms with van der Waals surface area (Å²) in [7, 11) is 0. The molecule has 0 aromatic carbocycles. The van der Waals surface area contributed by atoms with E-state index < -0.39 is 0 Å². The number of nitrogens with two attached hydrogens (primary N) is 1. The van der Waals surface area contributed by atoms with Gasteiger partial charge in [-0.3, -0.25) is 14.6 Å². The van der Waals surface area contributed by atoms with Gasteiger partial charge in [-0.15, -0.1) is 0 Å². The predicted octanol–water partition coefficient (Wildman–Crippen LogP) is 0.894. The molecule has 1 rings (SSSR count). The van der Waals surface area contributed by atoms with E-state index in [4.69, 9.17) is 5.73 Å². The number of rotatable bonds is 9. The molecule has 1 atom stereocenters. The largest absolute Gasteiger partial charge is 0.355 e. The van der Waals surface area contributed by atoms with Crippen LogP contribution in [-0.4, -0.2) is 67.6 Å². The van der Waals surface area contributed by atoms with Crippen molar-refractivity contribution in [3.05, 3.63) is 0 Å². The molecule has 0 radical (unpaired) electrons. The molecule has 0 aromatic rings. The van der Waals surface area contributed by atoms with Gasteiger partial charge in [-0.05, 0) is 31.7 Å². The van der Waals surface area contributed by atoms with Gasteiger partial charge in [-0.1, -0.05) is 20.8 Å². The van der Waals surface area contributed by atoms with Gasteiger partial charge in [0.15, 0.2) is 0 Å². The van der Waals surface area contributed by atoms with Crippen molar-refractivity contribution >= 4 is 5.91 Å². The van der Waals surface area contributed by atoms with E-state index in [1.807, 2.05) is 0 Å². The predicted molar refractivity (Wildman–Crippen MR) is 88.2 cm³/mol. The molecule has 1 amide bonds. The summed E-state index contributed by atoms with van der Waals surface area (Å²) in [4.78, 5) is 16.7. The first-order valence-electron chi connectivity index (χ1n) is 8.50. The highest BCUT2D eigenvalue weighted by Gasteiger charge is 2.23. The van der Waals surface area contributed by atoms with Gasteiger partial charge in [-0.2, -0.15) is 0 Å². The van der Waals surface area contributed by atoms with E-state index in [1.54, 1.807) is 0 Å². The van der Waals surface area contributed by atoms with Gasteiger partial charge in [-0.25, -0.2) is 0 Å². The fraction of sp³-hybridized carbons (Fsp3) is 0.938. The van der Waals surface area contributed by atoms with Gasteiger partial charge in [0.1, 0.15) is 0 Å². The second-order valence-electron chi connectivity index (χ2n) is 6.48. The Morgan fingerprint density at radius 2 is 1.86 bits per heavy atom. The third-order valence-electron chi connectivity index (χ3n) is 4.31. The first-order chi connectivity index (χ1) is 10.1. The summed E-state index contributed by atoms with van der Waals surface area (Å²) >= 11 is 0. The second kappa shape index (κ2) is 10.1. The van der Waals surface area contributed by atoms with Crippen LogP contribution < -0.4 is 11.1 Å². The van der Waals surface area contributed by atoms with Crippen molar-refractivity contribution in [1.29, 1.82) is 0 Å². The zero-order valence-electron chi connectivity index (χ0n) is 14.1. The van der Waals surface area contributed by atoms with E-state index in [9.17, 15) is 4.79 Å². The van der Waals surface area contributed by atoms with E-state index in [0.717, 1.165) is 58.5 Å². The van der Waals surface area contributed by atoms with E-state index in [-0.39, 0.29) is 5.91 Å². The Morgan fingerprint density at radius 3 is 2.38 bits per heavy atom. The average Bonchev–Trinajstić information content (AvgIpc) is 2.45. The molecule has 1 aliphatic rings. The quantitative estimate of drug-likeness (QED) is 0.664. The summed E-state index contributed by atoms with van der Waals surface area (Å²) in [6.45, 7) is 12.8. The molecule has 0 aliphatic carbocycles. The lowest BCUT2D eigenvalue weighted by atomic mass is 10.1. The lowest BCUT2D eigenvalue weighted by Crippen LogP contribution is -2.52. The molecule has 1 fully saturated rings. The lowest BCUT2D eigenvalue weighted by Gasteiger charge is -2.38. The number of carbonyl (C=O) groups excluding carboxylic acids is 1. The number of piperazine rings is 1. The van der Waals surface area contributed by atoms with Crippen molar-refractivity contribution in [1.82, 2.24) is 15.1 Å². The Balaban J connectivity index is 2.22. The van der Waals surface area contributed by atoms with Crippen LogP contribution in [0.3, 0.4) is 0 Å². The van der Waals surface area contributed by atoms with E-state index >= 15 is 0 Å². The molecule has 1 aliphatic heterocycles. The molecule has 1 unspecified atom stereocenters. The molecular weight excluding hydrogens is 264 g/mol. The average molecular weight is 298 g/mol. The summed E-state index contributed by atoms with van der Waals surface area (Å²) < 4.78 is 0. The Morgan fingerprint density at radius 1 is 1.19 bits per heavy atom. The number of hydrogen-bond donors (Lipinski definition) is 2. The minimum Gasteiger partial charge on any atom is -0.355 e. The Hall–Kier alpha value is -0.650. The fourth-order valence-corrected chi connectivity index (χ4v) is 2.88. The molecular formula is C16H34N4O. The molecule has 0 aromatic heterocycles. The van der Waals surface area contributed by atoms with Crippen molar-refractivity contribution in [3.63, 3.8) is 0 Å². The molecule has 0 bridgehead atoms. The molecule has 0 spiro atoms. The second-order valence-corrected chi connectivity index (χ2v) is 6.48. The first-order valence-corrected chi connectivity index (χ1v) is 8.50. The molecule has 0 saturated carbocycles. The normalized spacial score (nSPS) is 18.9. The number of nitrogens with one attached hydrogen (secondary N) is 1. The number of hydrogen-bond acceptors (Lipinski definition) is 4. The van der Waals surface area contributed by atoms with Crippen molar-refractivity contribution in [2.45, 2.75) is 46.1 Å². The SMILES string of the molecule is CCC(CCN)N1CCN(CC(=O)NCCC(C)C)CC1. The van der Waals surface area contributed by atoms with Crippen molar-refractivity contribution < 1.29 is 4.79 Å². The van der Waals surface area contributed by atoms with Gasteiger partial charge in [0.25, 0.3) is 0 Å². The van der Waals surface area contributed by atoms with E-state index in [2.05, 4.69) is 35.9 Å². The van der Waals surface area contributed by atoms with Crippen molar-refractivity contribution in [2.75, 3.05) is 45.8 Å². The van der Waals surface area contributed by atoms with E-state index in [1.165, 1.54) is 0 Å². The van der Waals surface area contributed by atoms with Crippen LogP contribution >= 0.6 is 0 Å². The molecule has 5 nitrogen and oxygen atoms in total. The third-order valence-corrected chi connectivity index (χ3v) is 4.31. The topological polar surface area (TPSA) is 61.6 Å². The lowest BCUT2D eigenvalue weighted by molar-refractivity contribution is -0.122. The highest BCUT2D eigenvalue weighted by atomic mass is 16.2. The van der Waals surface area contributed by atoms with Crippen molar-refractivity contribution in [3.8, 4) is 0 Å². The molecule has 3 N–H and O–H groups in total. The van der Waals surface area contributed by atoms with E-state index in [0.29, 0.717) is 18.5 Å². The monoisotopic (exact) mass is 298 g/mol. The molecule has 1 saturated heterocycles. The van der Waals surface area contributed by atoms with Crippen LogP contribution in [0.2, 0.25) is 0 Å². The van der Waals surface area contributed by atoms with Crippen LogP contribution in [0.25, 0.3) is 0 Å².